The van der Waals surface area contributed by atoms with Gasteiger partial charge in [-0.25, -0.2) is 0 Å². The molecule has 0 spiro atoms. The Balaban J connectivity index is 1.88. The summed E-state index contributed by atoms with van der Waals surface area (Å²) in [6, 6.07) is 0.750. The SMILES string of the molecule is CCCC1CC1NCCCC(=O)NC. The lowest BCUT2D eigenvalue weighted by Gasteiger charge is -2.03. The molecule has 1 amide bonds. The molecule has 1 saturated carbocycles. The molecule has 3 heteroatoms. The number of rotatable bonds is 7. The average Bonchev–Trinajstić information content (AvgIpc) is 2.92. The first-order chi connectivity index (χ1) is 6.77. The van der Waals surface area contributed by atoms with Crippen molar-refractivity contribution >= 4 is 5.91 Å². The van der Waals surface area contributed by atoms with Crippen LogP contribution in [-0.4, -0.2) is 25.5 Å². The van der Waals surface area contributed by atoms with Crippen molar-refractivity contribution in [1.82, 2.24) is 10.6 Å². The van der Waals surface area contributed by atoms with Gasteiger partial charge in [0, 0.05) is 19.5 Å². The van der Waals surface area contributed by atoms with Crippen LogP contribution in [0.2, 0.25) is 0 Å². The average molecular weight is 198 g/mol. The fourth-order valence-corrected chi connectivity index (χ4v) is 1.85. The minimum atomic E-state index is 0.146. The number of hydrogen-bond donors (Lipinski definition) is 2. The van der Waals surface area contributed by atoms with Crippen LogP contribution >= 0.6 is 0 Å². The molecule has 0 radical (unpaired) electrons. The van der Waals surface area contributed by atoms with E-state index in [1.807, 2.05) is 0 Å². The molecule has 0 aromatic heterocycles. The Morgan fingerprint density at radius 3 is 2.93 bits per heavy atom. The van der Waals surface area contributed by atoms with E-state index in [0.717, 1.165) is 24.9 Å². The lowest BCUT2D eigenvalue weighted by Crippen LogP contribution is -2.23. The van der Waals surface area contributed by atoms with Crippen LogP contribution in [0.4, 0.5) is 0 Å². The van der Waals surface area contributed by atoms with Crippen molar-refractivity contribution in [3.05, 3.63) is 0 Å². The summed E-state index contributed by atoms with van der Waals surface area (Å²) in [4.78, 5) is 10.9. The molecule has 1 rings (SSSR count). The number of carbonyl (C=O) groups excluding carboxylic acids is 1. The standard InChI is InChI=1S/C11H22N2O/c1-3-5-9-8-10(9)13-7-4-6-11(14)12-2/h9-10,13H,3-8H2,1-2H3,(H,12,14). The maximum atomic E-state index is 10.9. The van der Waals surface area contributed by atoms with E-state index < -0.39 is 0 Å². The maximum Gasteiger partial charge on any atom is 0.219 e. The van der Waals surface area contributed by atoms with Crippen molar-refractivity contribution in [1.29, 1.82) is 0 Å². The maximum absolute atomic E-state index is 10.9. The van der Waals surface area contributed by atoms with Crippen LogP contribution in [0.3, 0.4) is 0 Å². The van der Waals surface area contributed by atoms with Crippen LogP contribution in [0.1, 0.15) is 39.0 Å². The number of nitrogens with one attached hydrogen (secondary N) is 2. The molecule has 2 unspecified atom stereocenters. The first kappa shape index (κ1) is 11.5. The summed E-state index contributed by atoms with van der Waals surface area (Å²) in [6.07, 6.45) is 5.59. The molecule has 0 heterocycles. The Morgan fingerprint density at radius 1 is 1.50 bits per heavy atom. The van der Waals surface area contributed by atoms with Gasteiger partial charge in [-0.15, -0.1) is 0 Å². The number of carbonyl (C=O) groups is 1. The second kappa shape index (κ2) is 6.02. The fourth-order valence-electron chi connectivity index (χ4n) is 1.85. The third kappa shape index (κ3) is 4.09. The van der Waals surface area contributed by atoms with Gasteiger partial charge < -0.3 is 10.6 Å². The zero-order valence-corrected chi connectivity index (χ0v) is 9.31. The van der Waals surface area contributed by atoms with E-state index in [1.54, 1.807) is 7.05 Å². The van der Waals surface area contributed by atoms with Gasteiger partial charge in [-0.1, -0.05) is 13.3 Å². The Bertz CT molecular complexity index is 182. The minimum absolute atomic E-state index is 0.146. The van der Waals surface area contributed by atoms with Crippen molar-refractivity contribution in [2.75, 3.05) is 13.6 Å². The van der Waals surface area contributed by atoms with E-state index in [-0.39, 0.29) is 5.91 Å². The Hall–Kier alpha value is -0.570. The molecule has 1 aliphatic rings. The van der Waals surface area contributed by atoms with Gasteiger partial charge in [0.1, 0.15) is 0 Å². The molecule has 0 aromatic carbocycles. The van der Waals surface area contributed by atoms with Gasteiger partial charge in [-0.2, -0.15) is 0 Å². The van der Waals surface area contributed by atoms with Gasteiger partial charge in [0.15, 0.2) is 0 Å². The second-order valence-electron chi connectivity index (χ2n) is 4.12. The first-order valence-corrected chi connectivity index (χ1v) is 5.72. The van der Waals surface area contributed by atoms with Crippen molar-refractivity contribution in [3.63, 3.8) is 0 Å². The molecule has 0 bridgehead atoms. The smallest absolute Gasteiger partial charge is 0.219 e. The van der Waals surface area contributed by atoms with Gasteiger partial charge in [-0.05, 0) is 31.7 Å². The van der Waals surface area contributed by atoms with Crippen LogP contribution in [-0.2, 0) is 4.79 Å². The minimum Gasteiger partial charge on any atom is -0.359 e. The van der Waals surface area contributed by atoms with E-state index in [2.05, 4.69) is 17.6 Å². The van der Waals surface area contributed by atoms with Crippen LogP contribution in [0, 0.1) is 5.92 Å². The normalized spacial score (nSPS) is 24.7. The molecule has 82 valence electrons. The second-order valence-corrected chi connectivity index (χ2v) is 4.12. The van der Waals surface area contributed by atoms with Crippen LogP contribution in [0.5, 0.6) is 0 Å². The molecule has 14 heavy (non-hydrogen) atoms. The number of hydrogen-bond acceptors (Lipinski definition) is 2. The lowest BCUT2D eigenvalue weighted by atomic mass is 10.2. The van der Waals surface area contributed by atoms with Gasteiger partial charge >= 0.3 is 0 Å². The van der Waals surface area contributed by atoms with E-state index in [4.69, 9.17) is 0 Å². The van der Waals surface area contributed by atoms with Crippen LogP contribution in [0.15, 0.2) is 0 Å². The summed E-state index contributed by atoms with van der Waals surface area (Å²) < 4.78 is 0. The van der Waals surface area contributed by atoms with Gasteiger partial charge in [0.05, 0.1) is 0 Å². The third-order valence-electron chi connectivity index (χ3n) is 2.85. The van der Waals surface area contributed by atoms with Gasteiger partial charge in [-0.3, -0.25) is 4.79 Å². The van der Waals surface area contributed by atoms with Crippen molar-refractivity contribution in [2.24, 2.45) is 5.92 Å². The highest BCUT2D eigenvalue weighted by Gasteiger charge is 2.34. The predicted molar refractivity (Wildman–Crippen MR) is 58.1 cm³/mol. The molecule has 1 aliphatic carbocycles. The fraction of sp³-hybridized carbons (Fsp3) is 0.909. The van der Waals surface area contributed by atoms with Crippen molar-refractivity contribution < 1.29 is 4.79 Å². The molecule has 0 aliphatic heterocycles. The quantitative estimate of drug-likeness (QED) is 0.605. The third-order valence-corrected chi connectivity index (χ3v) is 2.85. The highest BCUT2D eigenvalue weighted by atomic mass is 16.1. The zero-order chi connectivity index (χ0) is 10.4. The molecule has 0 aromatic rings. The van der Waals surface area contributed by atoms with E-state index in [9.17, 15) is 4.79 Å². The summed E-state index contributed by atoms with van der Waals surface area (Å²) in [5, 5.41) is 6.12. The Kier molecular flexibility index (Phi) is 4.94. The molecular formula is C11H22N2O. The Labute approximate surface area is 86.6 Å². The largest absolute Gasteiger partial charge is 0.359 e. The Morgan fingerprint density at radius 2 is 2.29 bits per heavy atom. The van der Waals surface area contributed by atoms with Gasteiger partial charge in [0.2, 0.25) is 5.91 Å². The van der Waals surface area contributed by atoms with Crippen molar-refractivity contribution in [3.8, 4) is 0 Å². The highest BCUT2D eigenvalue weighted by molar-refractivity contribution is 5.75. The summed E-state index contributed by atoms with van der Waals surface area (Å²) in [6.45, 7) is 3.22. The van der Waals surface area contributed by atoms with Crippen molar-refractivity contribution in [2.45, 2.75) is 45.1 Å². The monoisotopic (exact) mass is 198 g/mol. The topological polar surface area (TPSA) is 41.1 Å². The van der Waals surface area contributed by atoms with Crippen LogP contribution < -0.4 is 10.6 Å². The summed E-state index contributed by atoms with van der Waals surface area (Å²) >= 11 is 0. The highest BCUT2D eigenvalue weighted by Crippen LogP contribution is 2.34. The van der Waals surface area contributed by atoms with E-state index in [0.29, 0.717) is 6.42 Å². The summed E-state index contributed by atoms with van der Waals surface area (Å²) in [7, 11) is 1.69. The molecule has 3 nitrogen and oxygen atoms in total. The molecule has 2 atom stereocenters. The van der Waals surface area contributed by atoms with Crippen LogP contribution in [0.25, 0.3) is 0 Å². The number of amides is 1. The molecule has 0 saturated heterocycles. The molecule has 2 N–H and O–H groups in total. The summed E-state index contributed by atoms with van der Waals surface area (Å²) in [5.41, 5.74) is 0. The first-order valence-electron chi connectivity index (χ1n) is 5.72. The summed E-state index contributed by atoms with van der Waals surface area (Å²) in [5.74, 6) is 1.06. The zero-order valence-electron chi connectivity index (χ0n) is 9.31. The lowest BCUT2D eigenvalue weighted by molar-refractivity contribution is -0.120. The predicted octanol–water partition coefficient (Wildman–Crippen LogP) is 1.29. The van der Waals surface area contributed by atoms with Gasteiger partial charge in [0.25, 0.3) is 0 Å². The van der Waals surface area contributed by atoms with E-state index in [1.165, 1.54) is 19.3 Å². The molecule has 1 fully saturated rings. The van der Waals surface area contributed by atoms with E-state index >= 15 is 0 Å². The molecular weight excluding hydrogens is 176 g/mol.